The van der Waals surface area contributed by atoms with E-state index >= 15 is 0 Å². The van der Waals surface area contributed by atoms with E-state index in [1.165, 1.54) is 4.90 Å². The molecule has 0 aliphatic carbocycles. The SMILES string of the molecule is CCOc1ccc(C(=O)N(C)C(C)CO)cc1OCC. The highest BCUT2D eigenvalue weighted by molar-refractivity contribution is 5.95. The van der Waals surface area contributed by atoms with Crippen LogP contribution < -0.4 is 9.47 Å². The van der Waals surface area contributed by atoms with Crippen molar-refractivity contribution in [3.8, 4) is 11.5 Å². The van der Waals surface area contributed by atoms with Gasteiger partial charge in [-0.2, -0.15) is 0 Å². The Hall–Kier alpha value is -1.75. The minimum Gasteiger partial charge on any atom is -0.490 e. The fourth-order valence-corrected chi connectivity index (χ4v) is 1.71. The van der Waals surface area contributed by atoms with Gasteiger partial charge in [-0.05, 0) is 39.0 Å². The van der Waals surface area contributed by atoms with Crippen molar-refractivity contribution in [2.45, 2.75) is 26.8 Å². The van der Waals surface area contributed by atoms with Gasteiger partial charge in [0, 0.05) is 12.6 Å². The second-order valence-electron chi connectivity index (χ2n) is 4.48. The summed E-state index contributed by atoms with van der Waals surface area (Å²) in [5.74, 6) is 1.03. The summed E-state index contributed by atoms with van der Waals surface area (Å²) in [4.78, 5) is 13.8. The van der Waals surface area contributed by atoms with Crippen LogP contribution in [0.3, 0.4) is 0 Å². The number of aliphatic hydroxyl groups excluding tert-OH is 1. The molecule has 5 nitrogen and oxygen atoms in total. The first kappa shape index (κ1) is 16.3. The van der Waals surface area contributed by atoms with Crippen LogP contribution in [-0.4, -0.2) is 48.8 Å². The largest absolute Gasteiger partial charge is 0.490 e. The van der Waals surface area contributed by atoms with Crippen molar-refractivity contribution in [3.63, 3.8) is 0 Å². The molecular formula is C15H23NO4. The molecule has 112 valence electrons. The molecule has 0 radical (unpaired) electrons. The van der Waals surface area contributed by atoms with E-state index in [0.29, 0.717) is 30.3 Å². The highest BCUT2D eigenvalue weighted by atomic mass is 16.5. The predicted molar refractivity (Wildman–Crippen MR) is 77.4 cm³/mol. The molecule has 0 heterocycles. The Bertz CT molecular complexity index is 447. The van der Waals surface area contributed by atoms with Gasteiger partial charge in [-0.3, -0.25) is 4.79 Å². The zero-order valence-electron chi connectivity index (χ0n) is 12.5. The monoisotopic (exact) mass is 281 g/mol. The lowest BCUT2D eigenvalue weighted by atomic mass is 10.1. The van der Waals surface area contributed by atoms with Gasteiger partial charge >= 0.3 is 0 Å². The van der Waals surface area contributed by atoms with Gasteiger partial charge in [0.1, 0.15) is 0 Å². The Labute approximate surface area is 120 Å². The van der Waals surface area contributed by atoms with Crippen LogP contribution in [0.25, 0.3) is 0 Å². The van der Waals surface area contributed by atoms with Crippen molar-refractivity contribution in [1.29, 1.82) is 0 Å². The van der Waals surface area contributed by atoms with E-state index in [4.69, 9.17) is 14.6 Å². The van der Waals surface area contributed by atoms with Crippen LogP contribution in [0.1, 0.15) is 31.1 Å². The minimum absolute atomic E-state index is 0.0718. The van der Waals surface area contributed by atoms with Crippen LogP contribution in [0.2, 0.25) is 0 Å². The first-order chi connectivity index (χ1) is 9.54. The molecule has 20 heavy (non-hydrogen) atoms. The maximum absolute atomic E-state index is 12.3. The highest BCUT2D eigenvalue weighted by Gasteiger charge is 2.18. The van der Waals surface area contributed by atoms with Gasteiger partial charge in [-0.15, -0.1) is 0 Å². The Morgan fingerprint density at radius 1 is 1.25 bits per heavy atom. The van der Waals surface area contributed by atoms with Gasteiger partial charge in [0.2, 0.25) is 0 Å². The Kier molecular flexibility index (Phi) is 6.31. The number of ether oxygens (including phenoxy) is 2. The third-order valence-electron chi connectivity index (χ3n) is 3.04. The average Bonchev–Trinajstić information content (AvgIpc) is 2.47. The van der Waals surface area contributed by atoms with Crippen LogP contribution in [-0.2, 0) is 0 Å². The molecule has 1 N–H and O–H groups in total. The summed E-state index contributed by atoms with van der Waals surface area (Å²) in [6.07, 6.45) is 0. The zero-order chi connectivity index (χ0) is 15.1. The van der Waals surface area contributed by atoms with Crippen LogP contribution in [0.15, 0.2) is 18.2 Å². The number of hydrogen-bond acceptors (Lipinski definition) is 4. The smallest absolute Gasteiger partial charge is 0.254 e. The summed E-state index contributed by atoms with van der Waals surface area (Å²) in [6, 6.07) is 4.89. The maximum Gasteiger partial charge on any atom is 0.254 e. The normalized spacial score (nSPS) is 11.8. The van der Waals surface area contributed by atoms with E-state index in [-0.39, 0.29) is 18.6 Å². The van der Waals surface area contributed by atoms with Gasteiger partial charge in [-0.25, -0.2) is 0 Å². The second kappa shape index (κ2) is 7.75. The topological polar surface area (TPSA) is 59.0 Å². The molecule has 0 aliphatic rings. The quantitative estimate of drug-likeness (QED) is 0.829. The summed E-state index contributed by atoms with van der Waals surface area (Å²) in [7, 11) is 1.67. The number of hydrogen-bond donors (Lipinski definition) is 1. The standard InChI is InChI=1S/C15H23NO4/c1-5-19-13-8-7-12(9-14(13)20-6-2)15(18)16(4)11(3)10-17/h7-9,11,17H,5-6,10H2,1-4H3. The van der Waals surface area contributed by atoms with Gasteiger partial charge < -0.3 is 19.5 Å². The number of carbonyl (C=O) groups excluding carboxylic acids is 1. The fraction of sp³-hybridized carbons (Fsp3) is 0.533. The highest BCUT2D eigenvalue weighted by Crippen LogP contribution is 2.29. The molecular weight excluding hydrogens is 258 g/mol. The molecule has 1 amide bonds. The summed E-state index contributed by atoms with van der Waals surface area (Å²) in [6.45, 7) is 6.53. The van der Waals surface area contributed by atoms with Crippen LogP contribution in [0.4, 0.5) is 0 Å². The number of benzene rings is 1. The molecule has 1 unspecified atom stereocenters. The Morgan fingerprint density at radius 2 is 1.85 bits per heavy atom. The van der Waals surface area contributed by atoms with Crippen molar-refractivity contribution in [2.75, 3.05) is 26.9 Å². The van der Waals surface area contributed by atoms with Crippen molar-refractivity contribution < 1.29 is 19.4 Å². The molecule has 0 fully saturated rings. The van der Waals surface area contributed by atoms with E-state index in [0.717, 1.165) is 0 Å². The van der Waals surface area contributed by atoms with Crippen LogP contribution >= 0.6 is 0 Å². The lowest BCUT2D eigenvalue weighted by Gasteiger charge is -2.23. The first-order valence-electron chi connectivity index (χ1n) is 6.82. The average molecular weight is 281 g/mol. The number of likely N-dealkylation sites (N-methyl/N-ethyl adjacent to an activating group) is 1. The number of rotatable bonds is 7. The van der Waals surface area contributed by atoms with Crippen molar-refractivity contribution >= 4 is 5.91 Å². The molecule has 5 heteroatoms. The molecule has 1 aromatic rings. The fourth-order valence-electron chi connectivity index (χ4n) is 1.71. The van der Waals surface area contributed by atoms with E-state index in [1.807, 2.05) is 13.8 Å². The third kappa shape index (κ3) is 3.87. The van der Waals surface area contributed by atoms with Crippen molar-refractivity contribution in [1.82, 2.24) is 4.90 Å². The molecule has 0 saturated heterocycles. The second-order valence-corrected chi connectivity index (χ2v) is 4.48. The van der Waals surface area contributed by atoms with Crippen LogP contribution in [0.5, 0.6) is 11.5 Å². The molecule has 1 aromatic carbocycles. The molecule has 0 aromatic heterocycles. The maximum atomic E-state index is 12.3. The molecule has 0 spiro atoms. The van der Waals surface area contributed by atoms with Gasteiger partial charge in [0.05, 0.1) is 25.9 Å². The van der Waals surface area contributed by atoms with E-state index in [1.54, 1.807) is 32.2 Å². The number of carbonyl (C=O) groups is 1. The number of amides is 1. The number of nitrogens with zero attached hydrogens (tertiary/aromatic N) is 1. The third-order valence-corrected chi connectivity index (χ3v) is 3.04. The molecule has 0 aliphatic heterocycles. The predicted octanol–water partition coefficient (Wildman–Crippen LogP) is 1.94. The molecule has 0 saturated carbocycles. The van der Waals surface area contributed by atoms with Crippen molar-refractivity contribution in [3.05, 3.63) is 23.8 Å². The Morgan fingerprint density at radius 3 is 2.40 bits per heavy atom. The molecule has 1 atom stereocenters. The van der Waals surface area contributed by atoms with Gasteiger partial charge in [-0.1, -0.05) is 0 Å². The van der Waals surface area contributed by atoms with Crippen LogP contribution in [0, 0.1) is 0 Å². The van der Waals surface area contributed by atoms with Gasteiger partial charge in [0.25, 0.3) is 5.91 Å². The minimum atomic E-state index is -0.232. The van der Waals surface area contributed by atoms with E-state index < -0.39 is 0 Å². The van der Waals surface area contributed by atoms with E-state index in [9.17, 15) is 4.79 Å². The summed E-state index contributed by atoms with van der Waals surface area (Å²) in [5, 5.41) is 9.12. The Balaban J connectivity index is 3.01. The lowest BCUT2D eigenvalue weighted by molar-refractivity contribution is 0.0681. The zero-order valence-corrected chi connectivity index (χ0v) is 12.5. The molecule has 1 rings (SSSR count). The van der Waals surface area contributed by atoms with Crippen molar-refractivity contribution in [2.24, 2.45) is 0 Å². The van der Waals surface area contributed by atoms with E-state index in [2.05, 4.69) is 0 Å². The molecule has 0 bridgehead atoms. The first-order valence-corrected chi connectivity index (χ1v) is 6.82. The summed E-state index contributed by atoms with van der Waals surface area (Å²) < 4.78 is 11.0. The van der Waals surface area contributed by atoms with Gasteiger partial charge in [0.15, 0.2) is 11.5 Å². The summed E-state index contributed by atoms with van der Waals surface area (Å²) in [5.41, 5.74) is 0.514. The summed E-state index contributed by atoms with van der Waals surface area (Å²) >= 11 is 0. The number of aliphatic hydroxyl groups is 1. The lowest BCUT2D eigenvalue weighted by Crippen LogP contribution is -2.37.